The van der Waals surface area contributed by atoms with Crippen molar-refractivity contribution < 1.29 is 8.78 Å². The number of aliphatic imine (C=N–C) groups is 1. The summed E-state index contributed by atoms with van der Waals surface area (Å²) in [6.45, 7) is 0.499. The molecule has 0 saturated heterocycles. The number of hydrogen-bond acceptors (Lipinski definition) is 2. The van der Waals surface area contributed by atoms with Crippen molar-refractivity contribution in [2.24, 2.45) is 34.3 Å². The van der Waals surface area contributed by atoms with Gasteiger partial charge in [0, 0.05) is 18.4 Å². The molecule has 4 nitrogen and oxygen atoms in total. The number of alkyl halides is 2. The number of nitrogens with two attached hydrogens (primary N) is 2. The summed E-state index contributed by atoms with van der Waals surface area (Å²) in [6.07, 6.45) is 1.14. The van der Waals surface area contributed by atoms with E-state index in [4.69, 9.17) is 11.6 Å². The van der Waals surface area contributed by atoms with E-state index < -0.39 is 17.8 Å². The first-order valence-electron chi connectivity index (χ1n) is 4.70. The van der Waals surface area contributed by atoms with Crippen LogP contribution >= 0.6 is 0 Å². The molecular weight excluding hydrogens is 190 g/mol. The minimum Gasteiger partial charge on any atom is -0.369 e. The first-order valence-corrected chi connectivity index (χ1v) is 4.70. The number of nitrogens with zero attached hydrogens (tertiary/aromatic N) is 1. The number of hydrazine groups is 1. The molecule has 2 rings (SSSR count). The van der Waals surface area contributed by atoms with E-state index in [1.165, 1.54) is 0 Å². The van der Waals surface area contributed by atoms with E-state index in [0.29, 0.717) is 19.4 Å². The summed E-state index contributed by atoms with van der Waals surface area (Å²) in [5.74, 6) is 2.24. The van der Waals surface area contributed by atoms with Gasteiger partial charge in [-0.1, -0.05) is 0 Å². The molecule has 2 saturated carbocycles. The fourth-order valence-electron chi connectivity index (χ4n) is 2.34. The maximum Gasteiger partial charge on any atom is 0.254 e. The fraction of sp³-hybridized carbons (Fsp3) is 0.875. The molecule has 14 heavy (non-hydrogen) atoms. The molecule has 2 unspecified atom stereocenters. The van der Waals surface area contributed by atoms with Crippen molar-refractivity contribution in [1.29, 1.82) is 0 Å². The predicted octanol–water partition coefficient (Wildman–Crippen LogP) is 0.0557. The minimum absolute atomic E-state index is 0.164. The van der Waals surface area contributed by atoms with E-state index in [2.05, 4.69) is 10.4 Å². The molecule has 5 N–H and O–H groups in total. The SMILES string of the molecule is NNC(N)=NCC1CC2C(C1)C2(F)F. The normalized spacial score (nSPS) is 39.4. The van der Waals surface area contributed by atoms with Crippen LogP contribution in [0.3, 0.4) is 0 Å². The van der Waals surface area contributed by atoms with Gasteiger partial charge in [0.25, 0.3) is 5.92 Å². The molecule has 2 aliphatic carbocycles. The average molecular weight is 204 g/mol. The first kappa shape index (κ1) is 9.64. The third-order valence-corrected chi connectivity index (χ3v) is 3.21. The largest absolute Gasteiger partial charge is 0.369 e. The summed E-state index contributed by atoms with van der Waals surface area (Å²) in [4.78, 5) is 3.94. The van der Waals surface area contributed by atoms with Crippen molar-refractivity contribution in [1.82, 2.24) is 5.43 Å². The number of fused-ring (bicyclic) bond motifs is 1. The van der Waals surface area contributed by atoms with Crippen LogP contribution in [0.4, 0.5) is 8.78 Å². The third kappa shape index (κ3) is 1.43. The Morgan fingerprint density at radius 3 is 2.50 bits per heavy atom. The molecule has 0 aromatic heterocycles. The summed E-state index contributed by atoms with van der Waals surface area (Å²) in [5, 5.41) is 0. The van der Waals surface area contributed by atoms with Gasteiger partial charge in [0.15, 0.2) is 0 Å². The van der Waals surface area contributed by atoms with Gasteiger partial charge in [-0.15, -0.1) is 0 Å². The lowest BCUT2D eigenvalue weighted by molar-refractivity contribution is 0.0646. The quantitative estimate of drug-likeness (QED) is 0.257. The highest BCUT2D eigenvalue weighted by Crippen LogP contribution is 2.65. The summed E-state index contributed by atoms with van der Waals surface area (Å²) in [7, 11) is 0. The third-order valence-electron chi connectivity index (χ3n) is 3.21. The Morgan fingerprint density at radius 2 is 2.00 bits per heavy atom. The zero-order valence-electron chi connectivity index (χ0n) is 7.71. The summed E-state index contributed by atoms with van der Waals surface area (Å²) < 4.78 is 25.6. The maximum atomic E-state index is 12.8. The van der Waals surface area contributed by atoms with Gasteiger partial charge in [-0.2, -0.15) is 0 Å². The molecule has 2 fully saturated rings. The lowest BCUT2D eigenvalue weighted by atomic mass is 10.0. The van der Waals surface area contributed by atoms with Gasteiger partial charge in [-0.05, 0) is 18.8 Å². The molecule has 0 radical (unpaired) electrons. The number of hydrogen-bond donors (Lipinski definition) is 3. The molecular formula is C8H14F2N4. The Hall–Kier alpha value is -0.910. The van der Waals surface area contributed by atoms with E-state index in [-0.39, 0.29) is 11.9 Å². The maximum absolute atomic E-state index is 12.8. The Labute approximate surface area is 80.7 Å². The number of rotatable bonds is 2. The van der Waals surface area contributed by atoms with Gasteiger partial charge in [0.1, 0.15) is 0 Å². The van der Waals surface area contributed by atoms with Crippen LogP contribution in [-0.4, -0.2) is 18.4 Å². The minimum atomic E-state index is -2.39. The zero-order chi connectivity index (χ0) is 10.3. The standard InChI is InChI=1S/C8H14F2N4/c9-8(10)5-1-4(2-6(5)8)3-13-7(11)14-12/h4-6H,1-3,12H2,(H3,11,13,14). The fourth-order valence-corrected chi connectivity index (χ4v) is 2.34. The summed E-state index contributed by atoms with van der Waals surface area (Å²) in [6, 6.07) is 0. The Bertz CT molecular complexity index is 252. The van der Waals surface area contributed by atoms with Crippen LogP contribution in [0.25, 0.3) is 0 Å². The van der Waals surface area contributed by atoms with Gasteiger partial charge in [0.05, 0.1) is 0 Å². The molecule has 0 aromatic carbocycles. The summed E-state index contributed by atoms with van der Waals surface area (Å²) >= 11 is 0. The van der Waals surface area contributed by atoms with Crippen molar-refractivity contribution >= 4 is 5.96 Å². The van der Waals surface area contributed by atoms with Gasteiger partial charge in [-0.3, -0.25) is 10.4 Å². The van der Waals surface area contributed by atoms with Crippen molar-refractivity contribution in [2.45, 2.75) is 18.8 Å². The lowest BCUT2D eigenvalue weighted by Gasteiger charge is -2.11. The molecule has 0 bridgehead atoms. The van der Waals surface area contributed by atoms with Crippen LogP contribution in [0, 0.1) is 17.8 Å². The molecule has 2 aliphatic rings. The summed E-state index contributed by atoms with van der Waals surface area (Å²) in [5.41, 5.74) is 7.52. The lowest BCUT2D eigenvalue weighted by Crippen LogP contribution is -2.37. The number of guanidine groups is 1. The van der Waals surface area contributed by atoms with Gasteiger partial charge in [0.2, 0.25) is 5.96 Å². The molecule has 6 heteroatoms. The highest BCUT2D eigenvalue weighted by molar-refractivity contribution is 5.77. The van der Waals surface area contributed by atoms with Crippen LogP contribution in [0.15, 0.2) is 4.99 Å². The highest BCUT2D eigenvalue weighted by Gasteiger charge is 2.71. The van der Waals surface area contributed by atoms with Crippen molar-refractivity contribution in [3.05, 3.63) is 0 Å². The van der Waals surface area contributed by atoms with Gasteiger partial charge < -0.3 is 5.73 Å². The van der Waals surface area contributed by atoms with Gasteiger partial charge in [-0.25, -0.2) is 14.6 Å². The number of halogens is 2. The van der Waals surface area contributed by atoms with Crippen molar-refractivity contribution in [3.63, 3.8) is 0 Å². The zero-order valence-corrected chi connectivity index (χ0v) is 7.71. The number of nitrogens with one attached hydrogen (secondary N) is 1. The first-order chi connectivity index (χ1) is 6.55. The molecule has 0 spiro atoms. The smallest absolute Gasteiger partial charge is 0.254 e. The topological polar surface area (TPSA) is 76.4 Å². The molecule has 0 aromatic rings. The second kappa shape index (κ2) is 3.05. The van der Waals surface area contributed by atoms with Crippen LogP contribution in [0.1, 0.15) is 12.8 Å². The van der Waals surface area contributed by atoms with Crippen molar-refractivity contribution in [3.8, 4) is 0 Å². The molecule has 0 heterocycles. The Balaban J connectivity index is 1.78. The van der Waals surface area contributed by atoms with E-state index >= 15 is 0 Å². The molecule has 0 amide bonds. The van der Waals surface area contributed by atoms with E-state index in [1.807, 2.05) is 0 Å². The molecule has 2 atom stereocenters. The molecule has 0 aliphatic heterocycles. The van der Waals surface area contributed by atoms with E-state index in [9.17, 15) is 8.78 Å². The molecule has 80 valence electrons. The predicted molar refractivity (Wildman–Crippen MR) is 48.5 cm³/mol. The monoisotopic (exact) mass is 204 g/mol. The van der Waals surface area contributed by atoms with Crippen LogP contribution in [0.5, 0.6) is 0 Å². The van der Waals surface area contributed by atoms with Crippen LogP contribution in [-0.2, 0) is 0 Å². The second-order valence-corrected chi connectivity index (χ2v) is 4.10. The van der Waals surface area contributed by atoms with Crippen LogP contribution in [0.2, 0.25) is 0 Å². The van der Waals surface area contributed by atoms with E-state index in [1.54, 1.807) is 0 Å². The van der Waals surface area contributed by atoms with Crippen molar-refractivity contribution in [2.75, 3.05) is 6.54 Å². The Morgan fingerprint density at radius 1 is 1.43 bits per heavy atom. The van der Waals surface area contributed by atoms with E-state index in [0.717, 1.165) is 0 Å². The second-order valence-electron chi connectivity index (χ2n) is 4.10. The van der Waals surface area contributed by atoms with Gasteiger partial charge >= 0.3 is 0 Å². The average Bonchev–Trinajstić information content (AvgIpc) is 2.57. The highest BCUT2D eigenvalue weighted by atomic mass is 19.3. The van der Waals surface area contributed by atoms with Crippen LogP contribution < -0.4 is 17.0 Å². The Kier molecular flexibility index (Phi) is 2.10.